The van der Waals surface area contributed by atoms with Crippen molar-refractivity contribution in [1.82, 2.24) is 4.90 Å². The maximum atomic E-state index is 13.0. The van der Waals surface area contributed by atoms with Crippen LogP contribution in [-0.4, -0.2) is 57.0 Å². The number of methoxy groups -OCH3 is 1. The number of para-hydroxylation sites is 2. The zero-order chi connectivity index (χ0) is 19.2. The van der Waals surface area contributed by atoms with Crippen LogP contribution in [0.2, 0.25) is 0 Å². The van der Waals surface area contributed by atoms with E-state index in [2.05, 4.69) is 11.0 Å². The Kier molecular flexibility index (Phi) is 6.50. The van der Waals surface area contributed by atoms with Crippen LogP contribution in [0, 0.1) is 0 Å². The van der Waals surface area contributed by atoms with Gasteiger partial charge in [-0.25, -0.2) is 0 Å². The first kappa shape index (κ1) is 19.4. The normalized spacial score (nSPS) is 14.2. The topological polar surface area (TPSA) is 42.0 Å². The summed E-state index contributed by atoms with van der Waals surface area (Å²) in [5, 5.41) is 0. The van der Waals surface area contributed by atoms with E-state index in [1.165, 1.54) is 0 Å². The predicted molar refractivity (Wildman–Crippen MR) is 111 cm³/mol. The average Bonchev–Trinajstić information content (AvgIpc) is 2.73. The number of hydrogen-bond donors (Lipinski definition) is 0. The van der Waals surface area contributed by atoms with Crippen LogP contribution in [0.1, 0.15) is 17.3 Å². The van der Waals surface area contributed by atoms with Gasteiger partial charge in [-0.05, 0) is 43.5 Å². The van der Waals surface area contributed by atoms with E-state index < -0.39 is 0 Å². The average molecular weight is 387 g/mol. The molecule has 0 bridgehead atoms. The lowest BCUT2D eigenvalue weighted by Crippen LogP contribution is -2.49. The monoisotopic (exact) mass is 386 g/mol. The smallest absolute Gasteiger partial charge is 0.257 e. The van der Waals surface area contributed by atoms with Gasteiger partial charge in [0.15, 0.2) is 0 Å². The van der Waals surface area contributed by atoms with Gasteiger partial charge in [0, 0.05) is 31.1 Å². The predicted octanol–water partition coefficient (Wildman–Crippen LogP) is 3.78. The fourth-order valence-electron chi connectivity index (χ4n) is 3.29. The van der Waals surface area contributed by atoms with Crippen molar-refractivity contribution in [1.29, 1.82) is 0 Å². The highest BCUT2D eigenvalue weighted by atomic mass is 32.2. The van der Waals surface area contributed by atoms with Gasteiger partial charge in [-0.3, -0.25) is 4.79 Å². The molecule has 2 aromatic carbocycles. The Morgan fingerprint density at radius 2 is 1.81 bits per heavy atom. The number of thioether (sulfide) groups is 1. The number of anilines is 1. The Morgan fingerprint density at radius 1 is 1.07 bits per heavy atom. The number of carbonyl (C=O) groups is 1. The van der Waals surface area contributed by atoms with E-state index in [0.29, 0.717) is 31.0 Å². The van der Waals surface area contributed by atoms with Crippen LogP contribution in [-0.2, 0) is 0 Å². The number of carbonyl (C=O) groups excluding carboxylic acids is 1. The van der Waals surface area contributed by atoms with Gasteiger partial charge in [-0.2, -0.15) is 0 Å². The largest absolute Gasteiger partial charge is 0.496 e. The van der Waals surface area contributed by atoms with Crippen molar-refractivity contribution in [2.45, 2.75) is 11.8 Å². The summed E-state index contributed by atoms with van der Waals surface area (Å²) in [5.74, 6) is 1.56. The molecule has 1 heterocycles. The second-order valence-electron chi connectivity index (χ2n) is 6.25. The lowest BCUT2D eigenvalue weighted by Gasteiger charge is -2.36. The second kappa shape index (κ2) is 9.04. The molecule has 0 aromatic heterocycles. The molecule has 0 atom stereocenters. The minimum absolute atomic E-state index is 0.0252. The molecule has 1 saturated heterocycles. The molecule has 1 aliphatic heterocycles. The summed E-state index contributed by atoms with van der Waals surface area (Å²) >= 11 is 1.63. The highest BCUT2D eigenvalue weighted by molar-refractivity contribution is 7.98. The SMILES string of the molecule is CCOc1ccccc1N1CCN(C(=O)c2ccc(SC)cc2OC)CC1. The third-order valence-corrected chi connectivity index (χ3v) is 5.44. The molecule has 0 aliphatic carbocycles. The van der Waals surface area contributed by atoms with Crippen molar-refractivity contribution in [2.75, 3.05) is 51.1 Å². The third-order valence-electron chi connectivity index (χ3n) is 4.71. The summed E-state index contributed by atoms with van der Waals surface area (Å²) in [5.41, 5.74) is 1.71. The molecule has 2 aromatic rings. The molecule has 0 unspecified atom stereocenters. The number of benzene rings is 2. The minimum atomic E-state index is 0.0252. The fourth-order valence-corrected chi connectivity index (χ4v) is 3.72. The summed E-state index contributed by atoms with van der Waals surface area (Å²) in [4.78, 5) is 18.3. The lowest BCUT2D eigenvalue weighted by molar-refractivity contribution is 0.0743. The molecule has 144 valence electrons. The van der Waals surface area contributed by atoms with Crippen molar-refractivity contribution in [3.05, 3.63) is 48.0 Å². The van der Waals surface area contributed by atoms with Crippen LogP contribution < -0.4 is 14.4 Å². The van der Waals surface area contributed by atoms with E-state index in [1.807, 2.05) is 54.5 Å². The first-order valence-corrected chi connectivity index (χ1v) is 10.4. The Morgan fingerprint density at radius 3 is 2.48 bits per heavy atom. The fraction of sp³-hybridized carbons (Fsp3) is 0.381. The summed E-state index contributed by atoms with van der Waals surface area (Å²) < 4.78 is 11.2. The van der Waals surface area contributed by atoms with Crippen molar-refractivity contribution < 1.29 is 14.3 Å². The molecule has 0 saturated carbocycles. The number of ether oxygens (including phenoxy) is 2. The maximum absolute atomic E-state index is 13.0. The Labute approximate surface area is 165 Å². The highest BCUT2D eigenvalue weighted by Gasteiger charge is 2.25. The molecule has 5 nitrogen and oxygen atoms in total. The van der Waals surface area contributed by atoms with Crippen LogP contribution >= 0.6 is 11.8 Å². The van der Waals surface area contributed by atoms with E-state index in [1.54, 1.807) is 18.9 Å². The molecule has 1 aliphatic rings. The van der Waals surface area contributed by atoms with Gasteiger partial charge in [0.05, 0.1) is 25.0 Å². The van der Waals surface area contributed by atoms with Crippen LogP contribution in [0.15, 0.2) is 47.4 Å². The molecular formula is C21H26N2O3S. The van der Waals surface area contributed by atoms with Gasteiger partial charge < -0.3 is 19.3 Å². The first-order valence-electron chi connectivity index (χ1n) is 9.16. The minimum Gasteiger partial charge on any atom is -0.496 e. The van der Waals surface area contributed by atoms with Gasteiger partial charge in [0.25, 0.3) is 5.91 Å². The molecule has 0 spiro atoms. The van der Waals surface area contributed by atoms with E-state index in [0.717, 1.165) is 29.4 Å². The molecule has 27 heavy (non-hydrogen) atoms. The Hall–Kier alpha value is -2.34. The van der Waals surface area contributed by atoms with Crippen molar-refractivity contribution >= 4 is 23.4 Å². The number of amides is 1. The van der Waals surface area contributed by atoms with Crippen LogP contribution in [0.4, 0.5) is 5.69 Å². The maximum Gasteiger partial charge on any atom is 0.257 e. The zero-order valence-corrected chi connectivity index (χ0v) is 16.9. The van der Waals surface area contributed by atoms with Gasteiger partial charge in [0.2, 0.25) is 0 Å². The van der Waals surface area contributed by atoms with Crippen molar-refractivity contribution in [2.24, 2.45) is 0 Å². The molecule has 6 heteroatoms. The number of nitrogens with zero attached hydrogens (tertiary/aromatic N) is 2. The van der Waals surface area contributed by atoms with Gasteiger partial charge >= 0.3 is 0 Å². The molecule has 3 rings (SSSR count). The second-order valence-corrected chi connectivity index (χ2v) is 7.13. The highest BCUT2D eigenvalue weighted by Crippen LogP contribution is 2.30. The Balaban J connectivity index is 1.70. The van der Waals surface area contributed by atoms with E-state index >= 15 is 0 Å². The quantitative estimate of drug-likeness (QED) is 0.707. The standard InChI is InChI=1S/C21H26N2O3S/c1-4-26-19-8-6-5-7-18(19)22-11-13-23(14-12-22)21(24)17-10-9-16(27-3)15-20(17)25-2/h5-10,15H,4,11-14H2,1-3H3. The van der Waals surface area contributed by atoms with E-state index in [4.69, 9.17) is 9.47 Å². The molecular weight excluding hydrogens is 360 g/mol. The van der Waals surface area contributed by atoms with Crippen LogP contribution in [0.25, 0.3) is 0 Å². The number of piperazine rings is 1. The number of rotatable bonds is 6. The molecule has 1 amide bonds. The van der Waals surface area contributed by atoms with Gasteiger partial charge in [-0.1, -0.05) is 12.1 Å². The van der Waals surface area contributed by atoms with E-state index in [9.17, 15) is 4.79 Å². The first-order chi connectivity index (χ1) is 13.2. The van der Waals surface area contributed by atoms with Crippen LogP contribution in [0.3, 0.4) is 0 Å². The Bertz CT molecular complexity index is 789. The lowest BCUT2D eigenvalue weighted by atomic mass is 10.1. The summed E-state index contributed by atoms with van der Waals surface area (Å²) in [6.45, 7) is 5.53. The van der Waals surface area contributed by atoms with E-state index in [-0.39, 0.29) is 5.91 Å². The summed E-state index contributed by atoms with van der Waals surface area (Å²) in [7, 11) is 1.61. The molecule has 0 N–H and O–H groups in total. The molecule has 1 fully saturated rings. The number of hydrogen-bond acceptors (Lipinski definition) is 5. The van der Waals surface area contributed by atoms with Gasteiger partial charge in [-0.15, -0.1) is 11.8 Å². The summed E-state index contributed by atoms with van der Waals surface area (Å²) in [6, 6.07) is 13.8. The van der Waals surface area contributed by atoms with Gasteiger partial charge in [0.1, 0.15) is 11.5 Å². The van der Waals surface area contributed by atoms with Crippen molar-refractivity contribution in [3.8, 4) is 11.5 Å². The van der Waals surface area contributed by atoms with Crippen molar-refractivity contribution in [3.63, 3.8) is 0 Å². The third kappa shape index (κ3) is 4.33. The summed E-state index contributed by atoms with van der Waals surface area (Å²) in [6.07, 6.45) is 2.01. The van der Waals surface area contributed by atoms with Crippen LogP contribution in [0.5, 0.6) is 11.5 Å². The zero-order valence-electron chi connectivity index (χ0n) is 16.1. The molecule has 0 radical (unpaired) electrons.